The number of rotatable bonds is 3. The number of hydrogen-bond donors (Lipinski definition) is 3. The van der Waals surface area contributed by atoms with Crippen molar-refractivity contribution in [3.05, 3.63) is 27.8 Å². The van der Waals surface area contributed by atoms with E-state index in [9.17, 15) is 47.4 Å². The fourth-order valence-corrected chi connectivity index (χ4v) is 7.36. The summed E-state index contributed by atoms with van der Waals surface area (Å²) in [6.45, 7) is 3.44. The van der Waals surface area contributed by atoms with E-state index >= 15 is 0 Å². The van der Waals surface area contributed by atoms with Crippen LogP contribution < -0.4 is 5.73 Å². The third kappa shape index (κ3) is 3.63. The van der Waals surface area contributed by atoms with Crippen molar-refractivity contribution in [2.75, 3.05) is 14.1 Å². The molecule has 0 radical (unpaired) electrons. The number of aliphatic hydroxyl groups is 1. The number of Topliss-reactive ketones (excluding diaryl/α,β-unsaturated/α-hetero) is 4. The zero-order valence-corrected chi connectivity index (χ0v) is 22.3. The van der Waals surface area contributed by atoms with E-state index in [1.807, 2.05) is 0 Å². The summed E-state index contributed by atoms with van der Waals surface area (Å²) in [4.78, 5) is 69.3. The summed E-state index contributed by atoms with van der Waals surface area (Å²) in [7, 11) is 2.86. The molecule has 3 aliphatic carbocycles. The molecular weight excluding hydrogens is 535 g/mol. The molecule has 2 fully saturated rings. The Kier molecular flexibility index (Phi) is 6.33. The highest BCUT2D eigenvalue weighted by atomic mass is 19.4. The topological polar surface area (TPSA) is 158 Å². The lowest BCUT2D eigenvalue weighted by Crippen LogP contribution is -2.74. The molecule has 6 atom stereocenters. The van der Waals surface area contributed by atoms with Gasteiger partial charge in [-0.3, -0.25) is 33.8 Å². The molecule has 0 aromatic heterocycles. The van der Waals surface area contributed by atoms with Gasteiger partial charge in [0.25, 0.3) is 0 Å². The molecule has 0 bridgehead atoms. The molecule has 2 unspecified atom stereocenters. The number of nitrogens with zero attached hydrogens (tertiary/aromatic N) is 2. The number of phenolic OH excluding ortho intramolecular Hbond substituents is 1. The Balaban J connectivity index is 1.70. The van der Waals surface area contributed by atoms with E-state index in [0.717, 1.165) is 0 Å². The Bertz CT molecular complexity index is 1390. The Morgan fingerprint density at radius 2 is 1.68 bits per heavy atom. The summed E-state index contributed by atoms with van der Waals surface area (Å²) in [6.07, 6.45) is -5.64. The minimum atomic E-state index is -4.88. The molecular formula is C27H30F3N3O7. The normalized spacial score (nSPS) is 32.3. The van der Waals surface area contributed by atoms with Crippen LogP contribution in [0.2, 0.25) is 0 Å². The van der Waals surface area contributed by atoms with Crippen LogP contribution in [0.5, 0.6) is 5.75 Å². The maximum atomic E-state index is 14.6. The smallest absolute Gasteiger partial charge is 0.417 e. The molecule has 1 aromatic carbocycles. The molecule has 5 rings (SSSR count). The predicted molar refractivity (Wildman–Crippen MR) is 131 cm³/mol. The van der Waals surface area contributed by atoms with E-state index in [4.69, 9.17) is 5.73 Å². The second kappa shape index (κ2) is 8.92. The standard InChI is InChI=1S/C27H30F3N3O7/c1-9(2)33-7-12-13(8-33)20(34)16-11(18(12)27(28,29)30)5-10-6-14-19(32(3)4)22(36)17(25(31)39)24(38)26(14,40)23(37)15(10)21(16)35/h9-10,14-15,17,19,34,40H,5-8H2,1-4H3,(H2,31,39)/t10-,14-,15?,17?,19-,26-/m0/s1. The Morgan fingerprint density at radius 3 is 2.20 bits per heavy atom. The maximum absolute atomic E-state index is 14.6. The molecule has 10 nitrogen and oxygen atoms in total. The Hall–Kier alpha value is -3.16. The van der Waals surface area contributed by atoms with E-state index < -0.39 is 99.4 Å². The van der Waals surface area contributed by atoms with Crippen LogP contribution in [0, 0.1) is 23.7 Å². The van der Waals surface area contributed by atoms with Gasteiger partial charge in [-0.15, -0.1) is 0 Å². The van der Waals surface area contributed by atoms with Crippen molar-refractivity contribution < 1.29 is 47.4 Å². The highest BCUT2D eigenvalue weighted by Gasteiger charge is 2.69. The SMILES string of the molecule is CC(C)N1Cc2c(O)c3c(c(C(F)(F)F)c2C1)C[C@H]1C[C@H]2[C@H](N(C)C)C(=O)C(C(N)=O)C(=O)[C@@]2(O)C(=O)C1C3=O. The number of fused-ring (bicyclic) bond motifs is 4. The van der Waals surface area contributed by atoms with Crippen molar-refractivity contribution in [3.8, 4) is 5.75 Å². The number of halogens is 3. The van der Waals surface area contributed by atoms with Gasteiger partial charge in [0.2, 0.25) is 5.91 Å². The van der Waals surface area contributed by atoms with E-state index in [-0.39, 0.29) is 36.7 Å². The van der Waals surface area contributed by atoms with Gasteiger partial charge in [0, 0.05) is 30.6 Å². The minimum absolute atomic E-state index is 0.0398. The van der Waals surface area contributed by atoms with Crippen molar-refractivity contribution in [1.82, 2.24) is 9.80 Å². The van der Waals surface area contributed by atoms with Crippen LogP contribution in [0.4, 0.5) is 13.2 Å². The monoisotopic (exact) mass is 565 g/mol. The van der Waals surface area contributed by atoms with E-state index in [2.05, 4.69) is 0 Å². The third-order valence-corrected chi connectivity index (χ3v) is 9.18. The van der Waals surface area contributed by atoms with Gasteiger partial charge >= 0.3 is 6.18 Å². The lowest BCUT2D eigenvalue weighted by molar-refractivity contribution is -0.181. The largest absolute Gasteiger partial charge is 0.507 e. The lowest BCUT2D eigenvalue weighted by Gasteiger charge is -2.52. The highest BCUT2D eigenvalue weighted by Crippen LogP contribution is 2.54. The van der Waals surface area contributed by atoms with Gasteiger partial charge in [-0.05, 0) is 57.8 Å². The van der Waals surface area contributed by atoms with Crippen molar-refractivity contribution in [2.45, 2.75) is 63.6 Å². The second-order valence-corrected chi connectivity index (χ2v) is 11.8. The molecule has 1 aliphatic heterocycles. The fourth-order valence-electron chi connectivity index (χ4n) is 7.36. The zero-order valence-electron chi connectivity index (χ0n) is 22.3. The van der Waals surface area contributed by atoms with Gasteiger partial charge in [-0.2, -0.15) is 13.2 Å². The summed E-state index contributed by atoms with van der Waals surface area (Å²) >= 11 is 0. The summed E-state index contributed by atoms with van der Waals surface area (Å²) < 4.78 is 43.7. The quantitative estimate of drug-likeness (QED) is 0.447. The number of primary amides is 1. The number of ketones is 4. The van der Waals surface area contributed by atoms with Crippen molar-refractivity contribution in [2.24, 2.45) is 29.4 Å². The first-order valence-corrected chi connectivity index (χ1v) is 13.0. The molecule has 1 amide bonds. The first-order chi connectivity index (χ1) is 18.4. The van der Waals surface area contributed by atoms with Crippen molar-refractivity contribution in [3.63, 3.8) is 0 Å². The number of nitrogens with two attached hydrogens (primary N) is 1. The first kappa shape index (κ1) is 28.4. The van der Waals surface area contributed by atoms with Crippen LogP contribution in [0.3, 0.4) is 0 Å². The molecule has 216 valence electrons. The predicted octanol–water partition coefficient (Wildman–Crippen LogP) is 0.610. The van der Waals surface area contributed by atoms with E-state index in [1.165, 1.54) is 19.0 Å². The highest BCUT2D eigenvalue weighted by molar-refractivity contribution is 6.32. The Morgan fingerprint density at radius 1 is 1.07 bits per heavy atom. The van der Waals surface area contributed by atoms with Crippen molar-refractivity contribution >= 4 is 29.0 Å². The number of carbonyl (C=O) groups excluding carboxylic acids is 5. The van der Waals surface area contributed by atoms with E-state index in [1.54, 1.807) is 18.7 Å². The lowest BCUT2D eigenvalue weighted by atomic mass is 9.52. The average Bonchev–Trinajstić information content (AvgIpc) is 3.26. The Labute approximate surface area is 227 Å². The van der Waals surface area contributed by atoms with E-state index in [0.29, 0.717) is 0 Å². The molecule has 1 heterocycles. The number of phenols is 1. The molecule has 1 aromatic rings. The number of hydrogen-bond acceptors (Lipinski definition) is 9. The van der Waals surface area contributed by atoms with Crippen LogP contribution in [0.25, 0.3) is 0 Å². The van der Waals surface area contributed by atoms with Gasteiger partial charge < -0.3 is 15.9 Å². The summed E-state index contributed by atoms with van der Waals surface area (Å²) in [6, 6.07) is -1.50. The number of alkyl halides is 3. The molecule has 4 N–H and O–H groups in total. The van der Waals surface area contributed by atoms with Gasteiger partial charge in [0.1, 0.15) is 5.75 Å². The summed E-state index contributed by atoms with van der Waals surface area (Å²) in [5, 5.41) is 22.7. The number of benzene rings is 1. The molecule has 0 spiro atoms. The third-order valence-electron chi connectivity index (χ3n) is 9.18. The van der Waals surface area contributed by atoms with Crippen LogP contribution in [-0.2, 0) is 44.9 Å². The molecule has 13 heteroatoms. The fraction of sp³-hybridized carbons (Fsp3) is 0.593. The van der Waals surface area contributed by atoms with Crippen molar-refractivity contribution in [1.29, 1.82) is 0 Å². The van der Waals surface area contributed by atoms with Crippen LogP contribution >= 0.6 is 0 Å². The molecule has 2 saturated carbocycles. The van der Waals surface area contributed by atoms with Crippen LogP contribution in [-0.4, -0.2) is 80.8 Å². The van der Waals surface area contributed by atoms with Crippen LogP contribution in [0.1, 0.15) is 52.9 Å². The first-order valence-electron chi connectivity index (χ1n) is 13.0. The summed E-state index contributed by atoms with van der Waals surface area (Å²) in [5.41, 5.74) is 0.0914. The molecule has 0 saturated heterocycles. The number of likely N-dealkylation sites (N-methyl/N-ethyl adjacent to an activating group) is 1. The van der Waals surface area contributed by atoms with Gasteiger partial charge in [-0.1, -0.05) is 0 Å². The summed E-state index contributed by atoms with van der Waals surface area (Å²) in [5.74, 6) is -13.2. The maximum Gasteiger partial charge on any atom is 0.417 e. The number of aromatic hydroxyl groups is 1. The number of carbonyl (C=O) groups is 5. The zero-order chi connectivity index (χ0) is 29.8. The molecule has 40 heavy (non-hydrogen) atoms. The second-order valence-electron chi connectivity index (χ2n) is 11.8. The van der Waals surface area contributed by atoms with Gasteiger partial charge in [-0.25, -0.2) is 0 Å². The van der Waals surface area contributed by atoms with Gasteiger partial charge in [0.05, 0.1) is 23.1 Å². The van der Waals surface area contributed by atoms with Gasteiger partial charge in [0.15, 0.2) is 34.7 Å². The number of amides is 1. The van der Waals surface area contributed by atoms with Crippen LogP contribution in [0.15, 0.2) is 0 Å². The molecule has 4 aliphatic rings. The minimum Gasteiger partial charge on any atom is -0.507 e. The average molecular weight is 566 g/mol.